The number of fused-ring (bicyclic) bond motifs is 8. The average molecular weight is 951 g/mol. The SMILES string of the molecule is Cc1cc2c3c(c1)N(c1ccccc1)c1nc(N(c4cccc(-c5cccc6ccccc56)c4)c4ccc(C(C)(C)C)cc4-c4cccc5c4oc4ccccc45)ccc1B3c1ccccc1N2c1ccccc1. The van der Waals surface area contributed by atoms with Gasteiger partial charge in [0.1, 0.15) is 22.8 Å². The van der Waals surface area contributed by atoms with Gasteiger partial charge in [-0.1, -0.05) is 178 Å². The maximum absolute atomic E-state index is 6.87. The van der Waals surface area contributed by atoms with Gasteiger partial charge in [-0.15, -0.1) is 0 Å². The van der Waals surface area contributed by atoms with Gasteiger partial charge >= 0.3 is 0 Å². The number of rotatable bonds is 7. The van der Waals surface area contributed by atoms with Crippen LogP contribution in [-0.4, -0.2) is 11.7 Å². The second-order valence-corrected chi connectivity index (χ2v) is 20.8. The van der Waals surface area contributed by atoms with Crippen LogP contribution in [0, 0.1) is 6.92 Å². The highest BCUT2D eigenvalue weighted by molar-refractivity contribution is 7.00. The molecule has 10 aromatic carbocycles. The van der Waals surface area contributed by atoms with E-state index in [1.165, 1.54) is 49.8 Å². The number of pyridine rings is 1. The number of aryl methyl sites for hydroxylation is 1. The molecule has 0 aliphatic carbocycles. The third-order valence-corrected chi connectivity index (χ3v) is 15.2. The molecule has 0 fully saturated rings. The first-order chi connectivity index (χ1) is 36.3. The summed E-state index contributed by atoms with van der Waals surface area (Å²) in [5.41, 5.74) is 19.7. The molecule has 0 atom stereocenters. The lowest BCUT2D eigenvalue weighted by atomic mass is 9.33. The summed E-state index contributed by atoms with van der Waals surface area (Å²) in [7, 11) is 0. The fourth-order valence-electron chi connectivity index (χ4n) is 11.8. The van der Waals surface area contributed by atoms with E-state index in [4.69, 9.17) is 9.40 Å². The number of hydrogen-bond donors (Lipinski definition) is 0. The topological polar surface area (TPSA) is 35.8 Å². The van der Waals surface area contributed by atoms with Gasteiger partial charge in [0.2, 0.25) is 0 Å². The van der Waals surface area contributed by atoms with Crippen LogP contribution < -0.4 is 31.1 Å². The van der Waals surface area contributed by atoms with Crippen molar-refractivity contribution >= 4 is 107 Å². The van der Waals surface area contributed by atoms with E-state index < -0.39 is 0 Å². The number of nitrogens with zero attached hydrogens (tertiary/aromatic N) is 4. The first-order valence-corrected chi connectivity index (χ1v) is 25.7. The molecule has 0 unspecified atom stereocenters. The third kappa shape index (κ3) is 6.97. The minimum atomic E-state index is -0.134. The van der Waals surface area contributed by atoms with Crippen molar-refractivity contribution in [3.63, 3.8) is 0 Å². The van der Waals surface area contributed by atoms with Crippen molar-refractivity contribution in [1.29, 1.82) is 0 Å². The van der Waals surface area contributed by atoms with Crippen LogP contribution in [0.5, 0.6) is 0 Å². The monoisotopic (exact) mass is 950 g/mol. The second-order valence-electron chi connectivity index (χ2n) is 20.8. The number of anilines is 9. The summed E-state index contributed by atoms with van der Waals surface area (Å²) in [6.07, 6.45) is 0. The highest BCUT2D eigenvalue weighted by Gasteiger charge is 2.44. The Morgan fingerprint density at radius 3 is 1.95 bits per heavy atom. The van der Waals surface area contributed by atoms with Gasteiger partial charge < -0.3 is 9.32 Å². The molecule has 0 saturated heterocycles. The van der Waals surface area contributed by atoms with Crippen LogP contribution in [0.3, 0.4) is 0 Å². The molecule has 4 heterocycles. The van der Waals surface area contributed by atoms with Crippen LogP contribution in [0.15, 0.2) is 241 Å². The van der Waals surface area contributed by atoms with Crippen molar-refractivity contribution in [2.75, 3.05) is 14.7 Å². The molecule has 352 valence electrons. The molecule has 0 saturated carbocycles. The van der Waals surface area contributed by atoms with Gasteiger partial charge in [0.25, 0.3) is 6.71 Å². The summed E-state index contributed by atoms with van der Waals surface area (Å²) >= 11 is 0. The van der Waals surface area contributed by atoms with Crippen LogP contribution >= 0.6 is 0 Å². The van der Waals surface area contributed by atoms with E-state index in [-0.39, 0.29) is 12.1 Å². The highest BCUT2D eigenvalue weighted by atomic mass is 16.3. The van der Waals surface area contributed by atoms with E-state index >= 15 is 0 Å². The molecule has 74 heavy (non-hydrogen) atoms. The molecule has 2 aliphatic heterocycles. The van der Waals surface area contributed by atoms with Crippen molar-refractivity contribution < 1.29 is 4.42 Å². The zero-order chi connectivity index (χ0) is 49.7. The highest BCUT2D eigenvalue weighted by Crippen LogP contribution is 2.49. The van der Waals surface area contributed by atoms with Crippen LogP contribution in [0.1, 0.15) is 31.9 Å². The van der Waals surface area contributed by atoms with Gasteiger partial charge in [0, 0.05) is 56.0 Å². The van der Waals surface area contributed by atoms with Crippen molar-refractivity contribution in [2.24, 2.45) is 0 Å². The second kappa shape index (κ2) is 17.0. The van der Waals surface area contributed by atoms with Gasteiger partial charge in [-0.05, 0) is 141 Å². The summed E-state index contributed by atoms with van der Waals surface area (Å²) in [5.74, 6) is 1.70. The summed E-state index contributed by atoms with van der Waals surface area (Å²) in [5, 5.41) is 4.61. The Morgan fingerprint density at radius 2 is 1.14 bits per heavy atom. The van der Waals surface area contributed by atoms with E-state index in [2.05, 4.69) is 273 Å². The van der Waals surface area contributed by atoms with Gasteiger partial charge in [0.15, 0.2) is 0 Å². The number of para-hydroxylation sites is 5. The minimum absolute atomic E-state index is 0.0799. The molecule has 0 spiro atoms. The van der Waals surface area contributed by atoms with E-state index in [9.17, 15) is 0 Å². The molecular weight excluding hydrogens is 900 g/mol. The summed E-state index contributed by atoms with van der Waals surface area (Å²) in [6, 6.07) is 86.0. The smallest absolute Gasteiger partial charge is 0.254 e. The van der Waals surface area contributed by atoms with E-state index in [1.807, 2.05) is 6.07 Å². The number of furan rings is 1. The Labute approximate surface area is 432 Å². The van der Waals surface area contributed by atoms with Gasteiger partial charge in [0.05, 0.1) is 5.69 Å². The maximum atomic E-state index is 6.87. The predicted molar refractivity (Wildman–Crippen MR) is 312 cm³/mol. The third-order valence-electron chi connectivity index (χ3n) is 15.2. The number of hydrogen-bond acceptors (Lipinski definition) is 5. The Balaban J connectivity index is 1.05. The Hall–Kier alpha value is -9.13. The summed E-state index contributed by atoms with van der Waals surface area (Å²) in [6.45, 7) is 9.00. The lowest BCUT2D eigenvalue weighted by Gasteiger charge is -2.44. The maximum Gasteiger partial charge on any atom is 0.254 e. The molecule has 0 bridgehead atoms. The van der Waals surface area contributed by atoms with E-state index in [0.29, 0.717) is 0 Å². The number of aromatic nitrogens is 1. The molecular formula is C68H51BN4O. The van der Waals surface area contributed by atoms with Crippen molar-refractivity contribution in [3.05, 3.63) is 248 Å². The van der Waals surface area contributed by atoms with Gasteiger partial charge in [-0.3, -0.25) is 9.80 Å². The van der Waals surface area contributed by atoms with Crippen molar-refractivity contribution in [1.82, 2.24) is 4.98 Å². The molecule has 0 amide bonds. The van der Waals surface area contributed by atoms with E-state index in [0.717, 1.165) is 84.2 Å². The lowest BCUT2D eigenvalue weighted by Crippen LogP contribution is -2.61. The van der Waals surface area contributed by atoms with Crippen LogP contribution in [0.25, 0.3) is 55.0 Å². The molecule has 0 N–H and O–H groups in total. The molecule has 0 radical (unpaired) electrons. The average Bonchev–Trinajstić information content (AvgIpc) is 3.83. The fourth-order valence-corrected chi connectivity index (χ4v) is 11.8. The van der Waals surface area contributed by atoms with Gasteiger partial charge in [-0.25, -0.2) is 4.98 Å². The molecule has 2 aliphatic rings. The van der Waals surface area contributed by atoms with Crippen molar-refractivity contribution in [2.45, 2.75) is 33.1 Å². The Morgan fingerprint density at radius 1 is 0.486 bits per heavy atom. The molecule has 14 rings (SSSR count). The van der Waals surface area contributed by atoms with Crippen LogP contribution in [0.4, 0.5) is 51.4 Å². The Kier molecular flexibility index (Phi) is 10.0. The van der Waals surface area contributed by atoms with E-state index in [1.54, 1.807) is 0 Å². The largest absolute Gasteiger partial charge is 0.455 e. The minimum Gasteiger partial charge on any atom is -0.455 e. The zero-order valence-corrected chi connectivity index (χ0v) is 41.8. The molecule has 2 aromatic heterocycles. The van der Waals surface area contributed by atoms with Crippen molar-refractivity contribution in [3.8, 4) is 22.3 Å². The van der Waals surface area contributed by atoms with Crippen LogP contribution in [-0.2, 0) is 5.41 Å². The Bertz CT molecular complexity index is 4170. The molecule has 12 aromatic rings. The quantitative estimate of drug-likeness (QED) is 0.149. The van der Waals surface area contributed by atoms with Gasteiger partial charge in [-0.2, -0.15) is 0 Å². The zero-order valence-electron chi connectivity index (χ0n) is 41.8. The first-order valence-electron chi connectivity index (χ1n) is 25.7. The molecule has 5 nitrogen and oxygen atoms in total. The normalized spacial score (nSPS) is 12.8. The van der Waals surface area contributed by atoms with Crippen LogP contribution in [0.2, 0.25) is 0 Å². The fraction of sp³-hybridized carbons (Fsp3) is 0.0735. The standard InChI is InChI=1S/C68H51BN4O/c1-44-40-61-65-62(41-44)73(49-25-9-6-10-26-49)67-58(69(65)57-33-14-15-34-60(57)71(61)48-23-7-5-8-24-48)37-39-64(70-67)72(50-27-17-22-46(42-50)52-30-18-21-45-20-11-12-28-51(45)52)59-38-36-47(68(2,3)4)43-56(59)55-32-19-31-54-53-29-13-16-35-63(53)74-66(54)55/h5-43H,1-4H3. The first kappa shape index (κ1) is 43.6. The molecule has 6 heteroatoms. The number of benzene rings is 10. The lowest BCUT2D eigenvalue weighted by molar-refractivity contribution is 0.590. The predicted octanol–water partition coefficient (Wildman–Crippen LogP) is 16.6. The summed E-state index contributed by atoms with van der Waals surface area (Å²) in [4.78, 5) is 13.3. The summed E-state index contributed by atoms with van der Waals surface area (Å²) < 4.78 is 6.87.